The van der Waals surface area contributed by atoms with Crippen LogP contribution in [0.1, 0.15) is 57.8 Å². The van der Waals surface area contributed by atoms with Crippen LogP contribution < -0.4 is 4.74 Å². The van der Waals surface area contributed by atoms with Crippen molar-refractivity contribution in [3.63, 3.8) is 0 Å². The molecule has 2 aliphatic rings. The average molecular weight is 571 g/mol. The number of fused-ring (bicyclic) bond motifs is 1. The lowest BCUT2D eigenvalue weighted by Gasteiger charge is -2.26. The SMILES string of the molecule is N=C(/C(COc1ccc(C2CCc3cc(C(=O)O)ccc3C2)c(Cl)c1)=C(\O)C1CC1)c1c(Cl)cccc1Cl. The van der Waals surface area contributed by atoms with E-state index in [-0.39, 0.29) is 29.9 Å². The second kappa shape index (κ2) is 11.0. The average Bonchev–Trinajstić information content (AvgIpc) is 3.74. The smallest absolute Gasteiger partial charge is 0.335 e. The Labute approximate surface area is 236 Å². The van der Waals surface area contributed by atoms with Crippen LogP contribution >= 0.6 is 34.8 Å². The van der Waals surface area contributed by atoms with Gasteiger partial charge in [0.05, 0.1) is 26.9 Å². The van der Waals surface area contributed by atoms with Gasteiger partial charge < -0.3 is 14.9 Å². The maximum Gasteiger partial charge on any atom is 0.335 e. The number of hydrogen-bond donors (Lipinski definition) is 3. The molecule has 1 fully saturated rings. The number of carboxylic acid groups (broad SMARTS) is 1. The van der Waals surface area contributed by atoms with Crippen LogP contribution in [-0.4, -0.2) is 28.5 Å². The number of benzene rings is 3. The molecule has 0 spiro atoms. The van der Waals surface area contributed by atoms with E-state index >= 15 is 0 Å². The third-order valence-electron chi connectivity index (χ3n) is 7.26. The fourth-order valence-corrected chi connectivity index (χ4v) is 5.91. The number of carboxylic acids is 1. The zero-order chi connectivity index (χ0) is 27.0. The number of aromatic carboxylic acids is 1. The monoisotopic (exact) mass is 569 g/mol. The van der Waals surface area contributed by atoms with Crippen LogP contribution in [0.25, 0.3) is 0 Å². The number of carbonyl (C=O) groups is 1. The molecular formula is C30H26Cl3NO4. The van der Waals surface area contributed by atoms with Crippen molar-refractivity contribution in [3.8, 4) is 5.75 Å². The zero-order valence-electron chi connectivity index (χ0n) is 20.4. The van der Waals surface area contributed by atoms with Crippen molar-refractivity contribution in [2.45, 2.75) is 38.0 Å². The van der Waals surface area contributed by atoms with Crippen LogP contribution in [0.4, 0.5) is 0 Å². The summed E-state index contributed by atoms with van der Waals surface area (Å²) in [5, 5.41) is 30.1. The predicted octanol–water partition coefficient (Wildman–Crippen LogP) is 8.29. The van der Waals surface area contributed by atoms with E-state index in [0.29, 0.717) is 37.5 Å². The van der Waals surface area contributed by atoms with Gasteiger partial charge >= 0.3 is 5.97 Å². The van der Waals surface area contributed by atoms with E-state index in [1.165, 1.54) is 0 Å². The molecule has 2 aliphatic carbocycles. The predicted molar refractivity (Wildman–Crippen MR) is 151 cm³/mol. The number of halogens is 3. The minimum atomic E-state index is -0.915. The minimum Gasteiger partial charge on any atom is -0.512 e. The fourth-order valence-electron chi connectivity index (χ4n) is 5.00. The Balaban J connectivity index is 1.32. The molecule has 0 aromatic heterocycles. The van der Waals surface area contributed by atoms with Crippen molar-refractivity contribution in [1.82, 2.24) is 0 Å². The molecule has 0 radical (unpaired) electrons. The highest BCUT2D eigenvalue weighted by Gasteiger charge is 2.31. The topological polar surface area (TPSA) is 90.6 Å². The summed E-state index contributed by atoms with van der Waals surface area (Å²) >= 11 is 19.4. The maximum atomic E-state index is 11.3. The molecule has 196 valence electrons. The van der Waals surface area contributed by atoms with Crippen LogP contribution in [0.15, 0.2) is 65.9 Å². The highest BCUT2D eigenvalue weighted by Crippen LogP contribution is 2.40. The Morgan fingerprint density at radius 1 is 0.921 bits per heavy atom. The molecule has 0 aliphatic heterocycles. The summed E-state index contributed by atoms with van der Waals surface area (Å²) in [4.78, 5) is 11.3. The molecule has 1 saturated carbocycles. The van der Waals surface area contributed by atoms with Crippen molar-refractivity contribution < 1.29 is 19.7 Å². The molecule has 0 bridgehead atoms. The summed E-state index contributed by atoms with van der Waals surface area (Å²) in [5.74, 6) is -0.0190. The van der Waals surface area contributed by atoms with Gasteiger partial charge in [-0.05, 0) is 91.1 Å². The number of nitrogens with one attached hydrogen (secondary N) is 1. The minimum absolute atomic E-state index is 0.0157. The number of aliphatic hydroxyl groups excluding tert-OH is 1. The molecule has 5 nitrogen and oxygen atoms in total. The van der Waals surface area contributed by atoms with Crippen molar-refractivity contribution in [2.24, 2.45) is 5.92 Å². The summed E-state index contributed by atoms with van der Waals surface area (Å²) in [6.45, 7) is -0.0267. The van der Waals surface area contributed by atoms with Crippen molar-refractivity contribution in [2.75, 3.05) is 6.61 Å². The first-order valence-corrected chi connectivity index (χ1v) is 13.6. The third kappa shape index (κ3) is 5.56. The lowest BCUT2D eigenvalue weighted by molar-refractivity contribution is 0.0696. The first-order valence-electron chi connectivity index (χ1n) is 12.5. The van der Waals surface area contributed by atoms with Crippen LogP contribution in [-0.2, 0) is 12.8 Å². The van der Waals surface area contributed by atoms with Gasteiger partial charge in [-0.3, -0.25) is 5.41 Å². The summed E-state index contributed by atoms with van der Waals surface area (Å²) in [7, 11) is 0. The lowest BCUT2D eigenvalue weighted by Crippen LogP contribution is -2.16. The number of aliphatic hydroxyl groups is 1. The van der Waals surface area contributed by atoms with Gasteiger partial charge in [0.2, 0.25) is 0 Å². The lowest BCUT2D eigenvalue weighted by atomic mass is 9.79. The van der Waals surface area contributed by atoms with Gasteiger partial charge in [-0.1, -0.05) is 53.0 Å². The van der Waals surface area contributed by atoms with Gasteiger partial charge in [-0.25, -0.2) is 4.79 Å². The second-order valence-corrected chi connectivity index (χ2v) is 11.0. The maximum absolute atomic E-state index is 11.3. The summed E-state index contributed by atoms with van der Waals surface area (Å²) in [6.07, 6.45) is 4.17. The van der Waals surface area contributed by atoms with Gasteiger partial charge in [0.25, 0.3) is 0 Å². The van der Waals surface area contributed by atoms with E-state index in [1.807, 2.05) is 18.2 Å². The first-order chi connectivity index (χ1) is 18.2. The Morgan fingerprint density at radius 3 is 2.32 bits per heavy atom. The zero-order valence-corrected chi connectivity index (χ0v) is 22.7. The van der Waals surface area contributed by atoms with Crippen molar-refractivity contribution in [1.29, 1.82) is 5.41 Å². The third-order valence-corrected chi connectivity index (χ3v) is 8.22. The molecule has 8 heteroatoms. The van der Waals surface area contributed by atoms with E-state index in [2.05, 4.69) is 0 Å². The number of rotatable bonds is 8. The molecular weight excluding hydrogens is 545 g/mol. The van der Waals surface area contributed by atoms with E-state index in [1.54, 1.807) is 36.4 Å². The quantitative estimate of drug-likeness (QED) is 0.188. The van der Waals surface area contributed by atoms with Crippen LogP contribution in [0, 0.1) is 11.3 Å². The molecule has 0 heterocycles. The fraction of sp³-hybridized carbons (Fsp3) is 0.267. The van der Waals surface area contributed by atoms with Crippen molar-refractivity contribution in [3.05, 3.63) is 109 Å². The number of allylic oxidation sites excluding steroid dienone is 1. The largest absolute Gasteiger partial charge is 0.512 e. The van der Waals surface area contributed by atoms with E-state index in [9.17, 15) is 15.0 Å². The van der Waals surface area contributed by atoms with Gasteiger partial charge in [-0.15, -0.1) is 0 Å². The summed E-state index contributed by atoms with van der Waals surface area (Å²) in [5.41, 5.74) is 4.31. The molecule has 0 amide bonds. The molecule has 1 unspecified atom stereocenters. The molecule has 3 N–H and O–H groups in total. The van der Waals surface area contributed by atoms with Gasteiger partial charge in [0.15, 0.2) is 0 Å². The van der Waals surface area contributed by atoms with Crippen molar-refractivity contribution >= 4 is 46.5 Å². The van der Waals surface area contributed by atoms with Gasteiger partial charge in [-0.2, -0.15) is 0 Å². The molecule has 0 saturated heterocycles. The van der Waals surface area contributed by atoms with E-state index < -0.39 is 5.97 Å². The molecule has 3 aromatic rings. The summed E-state index contributed by atoms with van der Waals surface area (Å²) in [6, 6.07) is 15.9. The number of aryl methyl sites for hydroxylation is 1. The van der Waals surface area contributed by atoms with E-state index in [0.717, 1.165) is 48.8 Å². The second-order valence-electron chi connectivity index (χ2n) is 9.81. The Morgan fingerprint density at radius 2 is 1.66 bits per heavy atom. The van der Waals surface area contributed by atoms with Crippen LogP contribution in [0.3, 0.4) is 0 Å². The normalized spacial score (nSPS) is 17.4. The summed E-state index contributed by atoms with van der Waals surface area (Å²) < 4.78 is 6.02. The molecule has 3 aromatic carbocycles. The Bertz CT molecular complexity index is 1440. The van der Waals surface area contributed by atoms with Crippen LogP contribution in [0.5, 0.6) is 5.75 Å². The van der Waals surface area contributed by atoms with Gasteiger partial charge in [0, 0.05) is 16.5 Å². The Hall–Kier alpha value is -2.99. The molecule has 38 heavy (non-hydrogen) atoms. The number of hydrogen-bond acceptors (Lipinski definition) is 4. The molecule has 1 atom stereocenters. The van der Waals surface area contributed by atoms with Gasteiger partial charge in [0.1, 0.15) is 18.1 Å². The standard InChI is InChI=1S/C30H26Cl3NO4/c31-24-2-1-3-25(32)27(24)28(34)23(29(35)16-4-5-16)15-38-21-10-11-22(26(33)14-21)19-8-6-18-13-20(30(36)37)9-7-17(18)12-19/h1-3,7,9-11,13-14,16,19,34-35H,4-6,8,12,15H2,(H,36,37)/b29-23-,34-28?. The highest BCUT2D eigenvalue weighted by atomic mass is 35.5. The molecule has 5 rings (SSSR count). The van der Waals surface area contributed by atoms with E-state index in [4.69, 9.17) is 44.9 Å². The number of ether oxygens (including phenoxy) is 1. The highest BCUT2D eigenvalue weighted by molar-refractivity contribution is 6.41. The Kier molecular flexibility index (Phi) is 7.71. The first kappa shape index (κ1) is 26.6. The van der Waals surface area contributed by atoms with Crippen LogP contribution in [0.2, 0.25) is 15.1 Å².